The van der Waals surface area contributed by atoms with E-state index in [0.717, 1.165) is 5.56 Å². The van der Waals surface area contributed by atoms with Gasteiger partial charge in [-0.1, -0.05) is 6.07 Å². The molecule has 19 heavy (non-hydrogen) atoms. The first-order chi connectivity index (χ1) is 9.10. The van der Waals surface area contributed by atoms with E-state index in [1.807, 2.05) is 31.2 Å². The number of nitriles is 1. The summed E-state index contributed by atoms with van der Waals surface area (Å²) >= 11 is 0. The molecule has 1 rings (SSSR count). The molecule has 0 aliphatic carbocycles. The van der Waals surface area contributed by atoms with Crippen LogP contribution in [0.2, 0.25) is 0 Å². The van der Waals surface area contributed by atoms with Gasteiger partial charge in [0.15, 0.2) is 11.5 Å². The normalized spacial score (nSPS) is 11.3. The molecule has 0 fully saturated rings. The van der Waals surface area contributed by atoms with Crippen LogP contribution in [0.5, 0.6) is 11.5 Å². The van der Waals surface area contributed by atoms with Crippen LogP contribution in [-0.2, 0) is 11.2 Å². The van der Waals surface area contributed by atoms with E-state index in [1.165, 1.54) is 0 Å². The van der Waals surface area contributed by atoms with E-state index in [9.17, 15) is 4.79 Å². The standard InChI is InChI=1S/C14H18N2O3/c1-10(16-14(17)6-7-15)8-11-4-5-12(18-2)13(9-11)19-3/h4-5,9-10H,6,8H2,1-3H3,(H,16,17). The summed E-state index contributed by atoms with van der Waals surface area (Å²) in [6, 6.07) is 7.42. The molecule has 0 aliphatic rings. The highest BCUT2D eigenvalue weighted by Crippen LogP contribution is 2.27. The first-order valence-electron chi connectivity index (χ1n) is 5.98. The van der Waals surface area contributed by atoms with Crippen LogP contribution in [0.15, 0.2) is 18.2 Å². The molecule has 0 aromatic heterocycles. The quantitative estimate of drug-likeness (QED) is 0.846. The van der Waals surface area contributed by atoms with Gasteiger partial charge in [0.1, 0.15) is 6.42 Å². The zero-order chi connectivity index (χ0) is 14.3. The zero-order valence-electron chi connectivity index (χ0n) is 11.4. The molecule has 1 aromatic carbocycles. The van der Waals surface area contributed by atoms with E-state index < -0.39 is 0 Å². The minimum Gasteiger partial charge on any atom is -0.493 e. The van der Waals surface area contributed by atoms with Crippen LogP contribution < -0.4 is 14.8 Å². The third kappa shape index (κ3) is 4.51. The van der Waals surface area contributed by atoms with Crippen LogP contribution in [-0.4, -0.2) is 26.2 Å². The van der Waals surface area contributed by atoms with Crippen molar-refractivity contribution in [3.8, 4) is 17.6 Å². The maximum atomic E-state index is 11.3. The number of nitrogens with zero attached hydrogens (tertiary/aromatic N) is 1. The van der Waals surface area contributed by atoms with E-state index in [2.05, 4.69) is 5.32 Å². The monoisotopic (exact) mass is 262 g/mol. The molecule has 1 N–H and O–H groups in total. The predicted molar refractivity (Wildman–Crippen MR) is 71.1 cm³/mol. The van der Waals surface area contributed by atoms with E-state index in [0.29, 0.717) is 17.9 Å². The van der Waals surface area contributed by atoms with Crippen LogP contribution in [0, 0.1) is 11.3 Å². The summed E-state index contributed by atoms with van der Waals surface area (Å²) in [6.45, 7) is 1.89. The first-order valence-corrected chi connectivity index (χ1v) is 5.98. The molecule has 0 saturated heterocycles. The highest BCUT2D eigenvalue weighted by atomic mass is 16.5. The molecule has 0 heterocycles. The van der Waals surface area contributed by atoms with Crippen molar-refractivity contribution in [2.75, 3.05) is 14.2 Å². The lowest BCUT2D eigenvalue weighted by atomic mass is 10.1. The Labute approximate surface area is 113 Å². The molecule has 5 nitrogen and oxygen atoms in total. The minimum absolute atomic E-state index is 0.0426. The van der Waals surface area contributed by atoms with E-state index >= 15 is 0 Å². The topological polar surface area (TPSA) is 71.3 Å². The van der Waals surface area contributed by atoms with Gasteiger partial charge in [-0.15, -0.1) is 0 Å². The summed E-state index contributed by atoms with van der Waals surface area (Å²) in [5, 5.41) is 11.2. The van der Waals surface area contributed by atoms with Gasteiger partial charge in [-0.3, -0.25) is 4.79 Å². The van der Waals surface area contributed by atoms with Gasteiger partial charge in [0, 0.05) is 6.04 Å². The lowest BCUT2D eigenvalue weighted by molar-refractivity contribution is -0.120. The Hall–Kier alpha value is -2.22. The van der Waals surface area contributed by atoms with Gasteiger partial charge in [-0.05, 0) is 31.0 Å². The van der Waals surface area contributed by atoms with Crippen LogP contribution in [0.25, 0.3) is 0 Å². The molecule has 0 saturated carbocycles. The number of benzene rings is 1. The summed E-state index contributed by atoms with van der Waals surface area (Å²) in [4.78, 5) is 11.3. The van der Waals surface area contributed by atoms with Gasteiger partial charge < -0.3 is 14.8 Å². The molecule has 102 valence electrons. The van der Waals surface area contributed by atoms with Gasteiger partial charge >= 0.3 is 0 Å². The Morgan fingerprint density at radius 2 is 2.05 bits per heavy atom. The minimum atomic E-state index is -0.254. The van der Waals surface area contributed by atoms with Crippen molar-refractivity contribution < 1.29 is 14.3 Å². The van der Waals surface area contributed by atoms with Gasteiger partial charge in [0.25, 0.3) is 0 Å². The fraction of sp³-hybridized carbons (Fsp3) is 0.429. The Balaban J connectivity index is 2.67. The molecule has 5 heteroatoms. The molecule has 0 spiro atoms. The maximum absolute atomic E-state index is 11.3. The Bertz CT molecular complexity index is 480. The number of rotatable bonds is 6. The average Bonchev–Trinajstić information content (AvgIpc) is 2.38. The van der Waals surface area contributed by atoms with Crippen molar-refractivity contribution in [1.29, 1.82) is 5.26 Å². The second-order valence-corrected chi connectivity index (χ2v) is 4.20. The fourth-order valence-electron chi connectivity index (χ4n) is 1.81. The Morgan fingerprint density at radius 3 is 2.63 bits per heavy atom. The predicted octanol–water partition coefficient (Wildman–Crippen LogP) is 1.66. The van der Waals surface area contributed by atoms with Crippen LogP contribution in [0.3, 0.4) is 0 Å². The summed E-state index contributed by atoms with van der Waals surface area (Å²) in [7, 11) is 3.17. The molecular weight excluding hydrogens is 244 g/mol. The molecule has 0 bridgehead atoms. The largest absolute Gasteiger partial charge is 0.493 e. The van der Waals surface area contributed by atoms with E-state index in [4.69, 9.17) is 14.7 Å². The smallest absolute Gasteiger partial charge is 0.234 e. The number of methoxy groups -OCH3 is 2. The summed E-state index contributed by atoms with van der Waals surface area (Å²) < 4.78 is 10.4. The SMILES string of the molecule is COc1ccc(CC(C)NC(=O)CC#N)cc1OC. The average molecular weight is 262 g/mol. The van der Waals surface area contributed by atoms with Crippen LogP contribution in [0.1, 0.15) is 18.9 Å². The highest BCUT2D eigenvalue weighted by Gasteiger charge is 2.10. The van der Waals surface area contributed by atoms with Gasteiger partial charge in [-0.2, -0.15) is 5.26 Å². The number of hydrogen-bond acceptors (Lipinski definition) is 4. The van der Waals surface area contributed by atoms with E-state index in [-0.39, 0.29) is 18.4 Å². The van der Waals surface area contributed by atoms with Crippen molar-refractivity contribution in [3.63, 3.8) is 0 Å². The molecule has 1 aromatic rings. The van der Waals surface area contributed by atoms with Gasteiger partial charge in [0.05, 0.1) is 20.3 Å². The molecular formula is C14H18N2O3. The number of ether oxygens (including phenoxy) is 2. The summed E-state index contributed by atoms with van der Waals surface area (Å²) in [5.74, 6) is 1.08. The van der Waals surface area contributed by atoms with Crippen LogP contribution >= 0.6 is 0 Å². The fourth-order valence-corrected chi connectivity index (χ4v) is 1.81. The van der Waals surface area contributed by atoms with Crippen molar-refractivity contribution in [2.24, 2.45) is 0 Å². The van der Waals surface area contributed by atoms with Crippen molar-refractivity contribution >= 4 is 5.91 Å². The van der Waals surface area contributed by atoms with Gasteiger partial charge in [-0.25, -0.2) is 0 Å². The third-order valence-corrected chi connectivity index (χ3v) is 2.64. The molecule has 0 radical (unpaired) electrons. The Morgan fingerprint density at radius 1 is 1.37 bits per heavy atom. The maximum Gasteiger partial charge on any atom is 0.234 e. The number of nitrogens with one attached hydrogen (secondary N) is 1. The van der Waals surface area contributed by atoms with Crippen molar-refractivity contribution in [1.82, 2.24) is 5.32 Å². The van der Waals surface area contributed by atoms with Crippen molar-refractivity contribution in [2.45, 2.75) is 25.8 Å². The molecule has 0 aliphatic heterocycles. The highest BCUT2D eigenvalue weighted by molar-refractivity contribution is 5.78. The number of amides is 1. The number of carbonyl (C=O) groups excluding carboxylic acids is 1. The number of carbonyl (C=O) groups is 1. The van der Waals surface area contributed by atoms with Crippen LogP contribution in [0.4, 0.5) is 0 Å². The number of hydrogen-bond donors (Lipinski definition) is 1. The second-order valence-electron chi connectivity index (χ2n) is 4.20. The van der Waals surface area contributed by atoms with Crippen molar-refractivity contribution in [3.05, 3.63) is 23.8 Å². The third-order valence-electron chi connectivity index (χ3n) is 2.64. The van der Waals surface area contributed by atoms with E-state index in [1.54, 1.807) is 14.2 Å². The first kappa shape index (κ1) is 14.8. The lowest BCUT2D eigenvalue weighted by Crippen LogP contribution is -2.33. The second kappa shape index (κ2) is 7.27. The molecule has 1 amide bonds. The zero-order valence-corrected chi connectivity index (χ0v) is 11.4. The lowest BCUT2D eigenvalue weighted by Gasteiger charge is -2.14. The molecule has 1 unspecified atom stereocenters. The van der Waals surface area contributed by atoms with Gasteiger partial charge in [0.2, 0.25) is 5.91 Å². The summed E-state index contributed by atoms with van der Waals surface area (Å²) in [5.41, 5.74) is 1.03. The summed E-state index contributed by atoms with van der Waals surface area (Å²) in [6.07, 6.45) is 0.549. The molecule has 1 atom stereocenters. The Kier molecular flexibility index (Phi) is 5.68.